The first-order chi connectivity index (χ1) is 12.3. The average molecular weight is 388 g/mol. The van der Waals surface area contributed by atoms with Gasteiger partial charge in [0.25, 0.3) is 0 Å². The maximum atomic E-state index is 5.97. The van der Waals surface area contributed by atoms with Crippen LogP contribution in [0.1, 0.15) is 41.3 Å². The van der Waals surface area contributed by atoms with Crippen molar-refractivity contribution in [1.29, 1.82) is 0 Å². The van der Waals surface area contributed by atoms with Gasteiger partial charge in [-0.25, -0.2) is 0 Å². The Balaban J connectivity index is 0.00000196. The molecule has 0 fully saturated rings. The molecule has 1 aliphatic rings. The maximum Gasteiger partial charge on any atom is 0.0662 e. The molecular weight excluding hydrogens is 365 g/mol. The fourth-order valence-electron chi connectivity index (χ4n) is 3.57. The van der Waals surface area contributed by atoms with Gasteiger partial charge in [0, 0.05) is 28.9 Å². The Hall–Kier alpha value is -1.81. The molecule has 1 N–H and O–H groups in total. The van der Waals surface area contributed by atoms with Gasteiger partial charge >= 0.3 is 0 Å². The summed E-state index contributed by atoms with van der Waals surface area (Å²) < 4.78 is 2.17. The van der Waals surface area contributed by atoms with E-state index in [1.165, 1.54) is 28.8 Å². The number of hydrogen-bond acceptors (Lipinski definition) is 2. The first kappa shape index (κ1) is 19.0. The Labute approximate surface area is 165 Å². The van der Waals surface area contributed by atoms with Crippen molar-refractivity contribution in [3.05, 3.63) is 88.2 Å². The lowest BCUT2D eigenvalue weighted by Crippen LogP contribution is -2.25. The quantitative estimate of drug-likeness (QED) is 0.653. The van der Waals surface area contributed by atoms with Crippen molar-refractivity contribution in [1.82, 2.24) is 15.1 Å². The van der Waals surface area contributed by atoms with Crippen molar-refractivity contribution in [2.75, 3.05) is 0 Å². The first-order valence-electron chi connectivity index (χ1n) is 8.86. The molecule has 0 saturated carbocycles. The summed E-state index contributed by atoms with van der Waals surface area (Å²) in [6, 6.07) is 19.0. The molecule has 2 aromatic carbocycles. The summed E-state index contributed by atoms with van der Waals surface area (Å²) in [6.45, 7) is 1.70. The summed E-state index contributed by atoms with van der Waals surface area (Å²) in [5.74, 6) is 0. The van der Waals surface area contributed by atoms with Gasteiger partial charge in [-0.2, -0.15) is 5.10 Å². The van der Waals surface area contributed by atoms with Crippen LogP contribution in [0.4, 0.5) is 0 Å². The SMILES string of the molecule is Cl.Clc1ccc(CNC2CCCc3c2cnn3Cc2ccccc2)cc1. The minimum Gasteiger partial charge on any atom is -0.306 e. The van der Waals surface area contributed by atoms with Gasteiger partial charge in [0.15, 0.2) is 0 Å². The topological polar surface area (TPSA) is 29.9 Å². The Morgan fingerprint density at radius 2 is 1.81 bits per heavy atom. The molecule has 3 nitrogen and oxygen atoms in total. The molecule has 0 radical (unpaired) electrons. The van der Waals surface area contributed by atoms with Gasteiger partial charge in [-0.05, 0) is 42.5 Å². The second-order valence-electron chi connectivity index (χ2n) is 6.64. The van der Waals surface area contributed by atoms with E-state index < -0.39 is 0 Å². The van der Waals surface area contributed by atoms with Crippen LogP contribution in [0, 0.1) is 0 Å². The summed E-state index contributed by atoms with van der Waals surface area (Å²) >= 11 is 5.97. The van der Waals surface area contributed by atoms with E-state index in [1.807, 2.05) is 12.1 Å². The number of hydrogen-bond donors (Lipinski definition) is 1. The van der Waals surface area contributed by atoms with E-state index in [4.69, 9.17) is 11.6 Å². The highest BCUT2D eigenvalue weighted by atomic mass is 35.5. The van der Waals surface area contributed by atoms with Crippen LogP contribution in [-0.2, 0) is 19.5 Å². The summed E-state index contributed by atoms with van der Waals surface area (Å²) in [5.41, 5.74) is 5.29. The van der Waals surface area contributed by atoms with E-state index >= 15 is 0 Å². The standard InChI is InChI=1S/C21H22ClN3.ClH/c22-18-11-9-16(10-12-18)13-23-20-7-4-8-21-19(20)14-24-25(21)15-17-5-2-1-3-6-17;/h1-3,5-6,9-12,14,20,23H,4,7-8,13,15H2;1H. The Bertz CT molecular complexity index is 828. The number of halogens is 2. The fourth-order valence-corrected chi connectivity index (χ4v) is 3.69. The molecule has 3 aromatic rings. The molecule has 5 heteroatoms. The van der Waals surface area contributed by atoms with E-state index in [0.29, 0.717) is 6.04 Å². The molecule has 0 bridgehead atoms. The summed E-state index contributed by atoms with van der Waals surface area (Å²) in [4.78, 5) is 0. The smallest absolute Gasteiger partial charge is 0.0662 e. The van der Waals surface area contributed by atoms with Crippen LogP contribution < -0.4 is 5.32 Å². The van der Waals surface area contributed by atoms with Crippen LogP contribution >= 0.6 is 24.0 Å². The van der Waals surface area contributed by atoms with Crippen LogP contribution in [0.15, 0.2) is 60.8 Å². The van der Waals surface area contributed by atoms with Gasteiger partial charge in [0.1, 0.15) is 0 Å². The van der Waals surface area contributed by atoms with Gasteiger partial charge in [-0.3, -0.25) is 4.68 Å². The summed E-state index contributed by atoms with van der Waals surface area (Å²) in [7, 11) is 0. The average Bonchev–Trinajstić information content (AvgIpc) is 3.06. The van der Waals surface area contributed by atoms with Crippen LogP contribution in [0.2, 0.25) is 5.02 Å². The second kappa shape index (κ2) is 8.72. The van der Waals surface area contributed by atoms with E-state index in [0.717, 1.165) is 31.0 Å². The predicted molar refractivity (Wildman–Crippen MR) is 109 cm³/mol. The Kier molecular flexibility index (Phi) is 6.36. The largest absolute Gasteiger partial charge is 0.306 e. The molecule has 0 spiro atoms. The lowest BCUT2D eigenvalue weighted by atomic mass is 9.92. The van der Waals surface area contributed by atoms with Crippen LogP contribution in [0.3, 0.4) is 0 Å². The lowest BCUT2D eigenvalue weighted by Gasteiger charge is -2.24. The molecule has 0 amide bonds. The minimum absolute atomic E-state index is 0. The van der Waals surface area contributed by atoms with Gasteiger partial charge < -0.3 is 5.32 Å². The van der Waals surface area contributed by atoms with E-state index in [-0.39, 0.29) is 12.4 Å². The highest BCUT2D eigenvalue weighted by Gasteiger charge is 2.23. The third-order valence-corrected chi connectivity index (χ3v) is 5.16. The molecule has 1 aromatic heterocycles. The zero-order chi connectivity index (χ0) is 17.1. The number of rotatable bonds is 5. The predicted octanol–water partition coefficient (Wildman–Crippen LogP) is 5.17. The number of aromatic nitrogens is 2. The molecule has 26 heavy (non-hydrogen) atoms. The molecule has 1 aliphatic carbocycles. The van der Waals surface area contributed by atoms with Gasteiger partial charge in [0.05, 0.1) is 12.7 Å². The molecule has 0 aliphatic heterocycles. The summed E-state index contributed by atoms with van der Waals surface area (Å²) in [6.07, 6.45) is 5.53. The number of nitrogens with zero attached hydrogens (tertiary/aromatic N) is 2. The highest BCUT2D eigenvalue weighted by molar-refractivity contribution is 6.30. The van der Waals surface area contributed by atoms with Crippen molar-refractivity contribution < 1.29 is 0 Å². The molecule has 0 saturated heterocycles. The third-order valence-electron chi connectivity index (χ3n) is 4.90. The molecular formula is C21H23Cl2N3. The van der Waals surface area contributed by atoms with E-state index in [9.17, 15) is 0 Å². The van der Waals surface area contributed by atoms with Crippen molar-refractivity contribution in [2.45, 2.75) is 38.4 Å². The normalized spacial score (nSPS) is 16.0. The number of nitrogens with one attached hydrogen (secondary N) is 1. The molecule has 1 heterocycles. The van der Waals surface area contributed by atoms with Gasteiger partial charge in [-0.1, -0.05) is 54.1 Å². The number of fused-ring (bicyclic) bond motifs is 1. The van der Waals surface area contributed by atoms with Gasteiger partial charge in [-0.15, -0.1) is 12.4 Å². The molecule has 136 valence electrons. The lowest BCUT2D eigenvalue weighted by molar-refractivity contribution is 0.449. The van der Waals surface area contributed by atoms with E-state index in [1.54, 1.807) is 0 Å². The fraction of sp³-hybridized carbons (Fsp3) is 0.286. The summed E-state index contributed by atoms with van der Waals surface area (Å²) in [5, 5.41) is 9.15. The monoisotopic (exact) mass is 387 g/mol. The van der Waals surface area contributed by atoms with Crippen LogP contribution in [0.25, 0.3) is 0 Å². The molecule has 1 atom stereocenters. The van der Waals surface area contributed by atoms with Crippen LogP contribution in [0.5, 0.6) is 0 Å². The van der Waals surface area contributed by atoms with E-state index in [2.05, 4.69) is 63.8 Å². The van der Waals surface area contributed by atoms with Crippen molar-refractivity contribution >= 4 is 24.0 Å². The van der Waals surface area contributed by atoms with Crippen molar-refractivity contribution in [3.63, 3.8) is 0 Å². The highest BCUT2D eigenvalue weighted by Crippen LogP contribution is 2.30. The third kappa shape index (κ3) is 4.29. The number of benzene rings is 2. The second-order valence-corrected chi connectivity index (χ2v) is 7.08. The first-order valence-corrected chi connectivity index (χ1v) is 9.24. The van der Waals surface area contributed by atoms with Crippen molar-refractivity contribution in [2.24, 2.45) is 0 Å². The van der Waals surface area contributed by atoms with Crippen molar-refractivity contribution in [3.8, 4) is 0 Å². The Morgan fingerprint density at radius 3 is 2.58 bits per heavy atom. The zero-order valence-corrected chi connectivity index (χ0v) is 16.1. The maximum absolute atomic E-state index is 5.97. The van der Waals surface area contributed by atoms with Crippen LogP contribution in [-0.4, -0.2) is 9.78 Å². The minimum atomic E-state index is 0. The Morgan fingerprint density at radius 1 is 1.04 bits per heavy atom. The molecule has 1 unspecified atom stereocenters. The molecule has 4 rings (SSSR count). The zero-order valence-electron chi connectivity index (χ0n) is 14.6. The van der Waals surface area contributed by atoms with Gasteiger partial charge in [0.2, 0.25) is 0 Å².